The smallest absolute Gasteiger partial charge is 0.255 e. The van der Waals surface area contributed by atoms with E-state index >= 15 is 0 Å². The summed E-state index contributed by atoms with van der Waals surface area (Å²) in [7, 11) is 0. The van der Waals surface area contributed by atoms with Crippen LogP contribution in [-0.2, 0) is 0 Å². The first kappa shape index (κ1) is 25.5. The summed E-state index contributed by atoms with van der Waals surface area (Å²) < 4.78 is 15.9. The number of fused-ring (bicyclic) bond motifs is 1. The Labute approximate surface area is 209 Å². The number of nitrogens with one attached hydrogen (secondary N) is 2. The second kappa shape index (κ2) is 9.84. The number of carbonyl (C=O) groups excluding carboxylic acids is 1. The maximum Gasteiger partial charge on any atom is 0.255 e. The first-order valence-electron chi connectivity index (χ1n) is 12.0. The van der Waals surface area contributed by atoms with Crippen molar-refractivity contribution < 1.29 is 19.4 Å². The third-order valence-electron chi connectivity index (χ3n) is 6.56. The molecule has 190 valence electrons. The fourth-order valence-corrected chi connectivity index (χ4v) is 4.48. The van der Waals surface area contributed by atoms with Gasteiger partial charge in [-0.05, 0) is 70.7 Å². The van der Waals surface area contributed by atoms with Crippen molar-refractivity contribution in [1.29, 1.82) is 5.26 Å². The number of hydrogen-bond donors (Lipinski definition) is 4. The third kappa shape index (κ3) is 5.64. The van der Waals surface area contributed by atoms with Crippen LogP contribution in [0, 0.1) is 11.3 Å². The van der Waals surface area contributed by atoms with Gasteiger partial charge in [0.25, 0.3) is 5.91 Å². The molecular formula is C26H31FN6O3. The Morgan fingerprint density at radius 2 is 2.17 bits per heavy atom. The fourth-order valence-electron chi connectivity index (χ4n) is 4.48. The molecular weight excluding hydrogens is 463 g/mol. The molecule has 36 heavy (non-hydrogen) atoms. The van der Waals surface area contributed by atoms with Gasteiger partial charge in [-0.2, -0.15) is 10.4 Å². The van der Waals surface area contributed by atoms with Crippen LogP contribution >= 0.6 is 0 Å². The monoisotopic (exact) mass is 494 g/mol. The van der Waals surface area contributed by atoms with Crippen LogP contribution in [0.2, 0.25) is 0 Å². The Hall–Kier alpha value is -3.55. The molecule has 3 aromatic rings. The van der Waals surface area contributed by atoms with Crippen LogP contribution < -0.4 is 10.6 Å². The molecule has 0 bridgehead atoms. The highest BCUT2D eigenvalue weighted by Gasteiger charge is 2.31. The molecule has 0 aliphatic heterocycles. The maximum atomic E-state index is 14.2. The molecule has 10 heteroatoms. The molecule has 9 nitrogen and oxygen atoms in total. The zero-order valence-electron chi connectivity index (χ0n) is 20.6. The van der Waals surface area contributed by atoms with E-state index in [9.17, 15) is 19.4 Å². The lowest BCUT2D eigenvalue weighted by atomic mass is 9.83. The number of aliphatic hydroxyl groups is 2. The first-order chi connectivity index (χ1) is 17.0. The van der Waals surface area contributed by atoms with E-state index in [1.54, 1.807) is 23.6 Å². The number of pyridine rings is 1. The number of hydrogen-bond acceptors (Lipinski definition) is 7. The Morgan fingerprint density at radius 1 is 1.39 bits per heavy atom. The molecule has 2 unspecified atom stereocenters. The maximum absolute atomic E-state index is 14.2. The molecule has 3 aromatic heterocycles. The van der Waals surface area contributed by atoms with Gasteiger partial charge in [0.15, 0.2) is 0 Å². The summed E-state index contributed by atoms with van der Waals surface area (Å²) in [6.07, 6.45) is 4.15. The number of anilines is 1. The van der Waals surface area contributed by atoms with E-state index in [1.165, 1.54) is 26.2 Å². The minimum Gasteiger partial charge on any atom is -0.390 e. The highest BCUT2D eigenvalue weighted by molar-refractivity contribution is 6.00. The minimum absolute atomic E-state index is 0.0683. The van der Waals surface area contributed by atoms with Gasteiger partial charge in [-0.15, -0.1) is 0 Å². The van der Waals surface area contributed by atoms with Gasteiger partial charge in [-0.3, -0.25) is 9.78 Å². The number of carbonyl (C=O) groups is 1. The summed E-state index contributed by atoms with van der Waals surface area (Å²) in [5.74, 6) is -0.525. The van der Waals surface area contributed by atoms with E-state index in [1.807, 2.05) is 12.1 Å². The lowest BCUT2D eigenvalue weighted by Crippen LogP contribution is -2.42. The number of amides is 1. The van der Waals surface area contributed by atoms with Crippen LogP contribution in [0.25, 0.3) is 16.9 Å². The summed E-state index contributed by atoms with van der Waals surface area (Å²) in [6, 6.07) is 9.12. The summed E-state index contributed by atoms with van der Waals surface area (Å²) in [6.45, 7) is 4.14. The molecule has 0 spiro atoms. The zero-order chi connectivity index (χ0) is 26.1. The van der Waals surface area contributed by atoms with E-state index in [0.717, 1.165) is 18.4 Å². The Bertz CT molecular complexity index is 1310. The van der Waals surface area contributed by atoms with Gasteiger partial charge in [-0.25, -0.2) is 8.91 Å². The molecule has 3 heterocycles. The molecule has 1 aliphatic rings. The third-order valence-corrected chi connectivity index (χ3v) is 6.56. The molecule has 3 atom stereocenters. The second-order valence-electron chi connectivity index (χ2n) is 10.3. The molecule has 4 rings (SSSR count). The topological polar surface area (TPSA) is 136 Å². The summed E-state index contributed by atoms with van der Waals surface area (Å²) in [5, 5.41) is 39.8. The van der Waals surface area contributed by atoms with Crippen molar-refractivity contribution in [3.05, 3.63) is 47.8 Å². The molecule has 1 fully saturated rings. The van der Waals surface area contributed by atoms with Crippen molar-refractivity contribution >= 4 is 17.1 Å². The fraction of sp³-hybridized carbons (Fsp3) is 0.462. The summed E-state index contributed by atoms with van der Waals surface area (Å²) in [5.41, 5.74) is 0.734. The average Bonchev–Trinajstić information content (AvgIpc) is 3.24. The lowest BCUT2D eigenvalue weighted by Gasteiger charge is -2.35. The molecule has 1 amide bonds. The molecule has 0 radical (unpaired) electrons. The Morgan fingerprint density at radius 3 is 2.86 bits per heavy atom. The molecule has 1 aliphatic carbocycles. The van der Waals surface area contributed by atoms with Crippen molar-refractivity contribution in [3.8, 4) is 17.5 Å². The molecule has 0 saturated heterocycles. The zero-order valence-corrected chi connectivity index (χ0v) is 20.6. The van der Waals surface area contributed by atoms with Crippen LogP contribution in [0.1, 0.15) is 62.4 Å². The number of nitrogens with zero attached hydrogens (tertiary/aromatic N) is 4. The predicted octanol–water partition coefficient (Wildman–Crippen LogP) is 3.21. The van der Waals surface area contributed by atoms with Gasteiger partial charge in [0.1, 0.15) is 12.2 Å². The summed E-state index contributed by atoms with van der Waals surface area (Å²) >= 11 is 0. The Balaban J connectivity index is 1.67. The van der Waals surface area contributed by atoms with Gasteiger partial charge in [0, 0.05) is 12.2 Å². The molecule has 1 saturated carbocycles. The van der Waals surface area contributed by atoms with Crippen LogP contribution in [0.4, 0.5) is 10.1 Å². The number of aromatic nitrogens is 3. The second-order valence-corrected chi connectivity index (χ2v) is 10.3. The largest absolute Gasteiger partial charge is 0.390 e. The van der Waals surface area contributed by atoms with Gasteiger partial charge in [-0.1, -0.05) is 0 Å². The van der Waals surface area contributed by atoms with Crippen LogP contribution in [0.15, 0.2) is 36.7 Å². The molecule has 0 aromatic carbocycles. The van der Waals surface area contributed by atoms with Gasteiger partial charge < -0.3 is 20.8 Å². The number of rotatable bonds is 7. The number of nitriles is 1. The highest BCUT2D eigenvalue weighted by atomic mass is 19.1. The molecule has 4 N–H and O–H groups in total. The normalized spacial score (nSPS) is 21.1. The van der Waals surface area contributed by atoms with Gasteiger partial charge in [0.05, 0.1) is 57.7 Å². The van der Waals surface area contributed by atoms with Crippen LogP contribution in [0.3, 0.4) is 0 Å². The van der Waals surface area contributed by atoms with Crippen molar-refractivity contribution in [2.24, 2.45) is 0 Å². The quantitative estimate of drug-likeness (QED) is 0.396. The predicted molar refractivity (Wildman–Crippen MR) is 133 cm³/mol. The van der Waals surface area contributed by atoms with Crippen molar-refractivity contribution in [2.45, 2.75) is 69.9 Å². The van der Waals surface area contributed by atoms with E-state index in [4.69, 9.17) is 5.26 Å². The highest BCUT2D eigenvalue weighted by Crippen LogP contribution is 2.32. The minimum atomic E-state index is -1.64. The van der Waals surface area contributed by atoms with Gasteiger partial charge >= 0.3 is 0 Å². The van der Waals surface area contributed by atoms with E-state index in [-0.39, 0.29) is 18.2 Å². The van der Waals surface area contributed by atoms with Crippen LogP contribution in [-0.4, -0.2) is 60.7 Å². The standard InChI is InChI=1S/C26H31FN6O3/c1-25(2,35)23(27)15-30-24(34)19-14-29-21(10-20(19)32-17-5-4-8-26(3,36)11-17)22-7-6-18-9-16(12-28)13-31-33(18)22/h6-7,9-10,13-14,17,23,35-36H,4-5,8,11,15H2,1-3H3,(H,29,32)(H,30,34)/t17-,23?,26?/m0/s1. The van der Waals surface area contributed by atoms with Crippen molar-refractivity contribution in [3.63, 3.8) is 0 Å². The van der Waals surface area contributed by atoms with E-state index in [2.05, 4.69) is 26.8 Å². The van der Waals surface area contributed by atoms with E-state index in [0.29, 0.717) is 35.5 Å². The Kier molecular flexibility index (Phi) is 6.98. The SMILES string of the molecule is CC1(O)CCC[C@H](Nc2cc(-c3ccc4cc(C#N)cnn34)ncc2C(=O)NCC(F)C(C)(C)O)C1. The first-order valence-corrected chi connectivity index (χ1v) is 12.0. The lowest BCUT2D eigenvalue weighted by molar-refractivity contribution is -0.00178. The summed E-state index contributed by atoms with van der Waals surface area (Å²) in [4.78, 5) is 17.5. The number of halogens is 1. The van der Waals surface area contributed by atoms with Gasteiger partial charge in [0.2, 0.25) is 0 Å². The van der Waals surface area contributed by atoms with E-state index < -0.39 is 23.3 Å². The van der Waals surface area contributed by atoms with Crippen LogP contribution in [0.5, 0.6) is 0 Å². The average molecular weight is 495 g/mol. The van der Waals surface area contributed by atoms with Crippen molar-refractivity contribution in [2.75, 3.05) is 11.9 Å². The van der Waals surface area contributed by atoms with Crippen molar-refractivity contribution in [1.82, 2.24) is 19.9 Å². The number of alkyl halides is 1.